The van der Waals surface area contributed by atoms with Crippen LogP contribution in [0.5, 0.6) is 0 Å². The van der Waals surface area contributed by atoms with E-state index in [0.29, 0.717) is 0 Å². The molecule has 2 heteroatoms. The van der Waals surface area contributed by atoms with E-state index >= 15 is 0 Å². The largest absolute Gasteiger partial charge is 0.316 e. The number of aryl methyl sites for hydroxylation is 2. The molecular formula is C14H19NO. The molecule has 0 saturated carbocycles. The highest BCUT2D eigenvalue weighted by Gasteiger charge is 2.36. The molecule has 1 heterocycles. The summed E-state index contributed by atoms with van der Waals surface area (Å²) in [6, 6.07) is 6.10. The van der Waals surface area contributed by atoms with Crippen LogP contribution in [0.2, 0.25) is 0 Å². The van der Waals surface area contributed by atoms with Gasteiger partial charge in [-0.1, -0.05) is 24.1 Å². The van der Waals surface area contributed by atoms with Crippen molar-refractivity contribution in [3.8, 4) is 0 Å². The Balaban J connectivity index is 2.33. The smallest absolute Gasteiger partial charge is 0.170 e. The zero-order valence-corrected chi connectivity index (χ0v) is 10.3. The Morgan fingerprint density at radius 2 is 1.88 bits per heavy atom. The summed E-state index contributed by atoms with van der Waals surface area (Å²) in [6.07, 6.45) is 0.943. The van der Waals surface area contributed by atoms with Gasteiger partial charge in [-0.2, -0.15) is 0 Å². The Labute approximate surface area is 97.1 Å². The van der Waals surface area contributed by atoms with Gasteiger partial charge in [0.2, 0.25) is 0 Å². The molecule has 1 unspecified atom stereocenters. The van der Waals surface area contributed by atoms with Gasteiger partial charge in [0.15, 0.2) is 5.78 Å². The van der Waals surface area contributed by atoms with Crippen molar-refractivity contribution >= 4 is 5.78 Å². The fourth-order valence-electron chi connectivity index (χ4n) is 2.46. The molecule has 1 N–H and O–H groups in total. The minimum absolute atomic E-state index is 0.208. The topological polar surface area (TPSA) is 29.1 Å². The molecule has 1 aromatic rings. The zero-order valence-electron chi connectivity index (χ0n) is 10.3. The number of nitrogens with one attached hydrogen (secondary N) is 1. The number of ketones is 1. The van der Waals surface area contributed by atoms with Crippen LogP contribution in [0.4, 0.5) is 0 Å². The van der Waals surface area contributed by atoms with Gasteiger partial charge in [0.25, 0.3) is 0 Å². The van der Waals surface area contributed by atoms with Crippen LogP contribution in [0.15, 0.2) is 18.2 Å². The molecule has 1 saturated heterocycles. The lowest BCUT2D eigenvalue weighted by Gasteiger charge is -2.21. The average Bonchev–Trinajstić information content (AvgIpc) is 2.64. The Kier molecular flexibility index (Phi) is 2.85. The van der Waals surface area contributed by atoms with Gasteiger partial charge in [-0.25, -0.2) is 0 Å². The Bertz CT molecular complexity index is 396. The first kappa shape index (κ1) is 11.3. The van der Waals surface area contributed by atoms with Crippen molar-refractivity contribution in [1.29, 1.82) is 0 Å². The van der Waals surface area contributed by atoms with Gasteiger partial charge in [0, 0.05) is 17.5 Å². The number of hydrogen-bond donors (Lipinski definition) is 1. The monoisotopic (exact) mass is 217 g/mol. The van der Waals surface area contributed by atoms with Crippen molar-refractivity contribution in [2.24, 2.45) is 5.41 Å². The Morgan fingerprint density at radius 3 is 2.38 bits per heavy atom. The molecule has 1 aliphatic heterocycles. The van der Waals surface area contributed by atoms with Gasteiger partial charge in [-0.05, 0) is 38.9 Å². The highest BCUT2D eigenvalue weighted by Crippen LogP contribution is 2.29. The number of benzene rings is 1. The summed E-state index contributed by atoms with van der Waals surface area (Å²) in [5.41, 5.74) is 2.99. The molecule has 0 amide bonds. The summed E-state index contributed by atoms with van der Waals surface area (Å²) in [6.45, 7) is 7.90. The van der Waals surface area contributed by atoms with Crippen LogP contribution in [-0.4, -0.2) is 18.9 Å². The molecule has 0 aliphatic carbocycles. The zero-order chi connectivity index (χ0) is 11.8. The summed E-state index contributed by atoms with van der Waals surface area (Å²) >= 11 is 0. The van der Waals surface area contributed by atoms with Crippen LogP contribution in [0.3, 0.4) is 0 Å². The molecule has 1 fully saturated rings. The Morgan fingerprint density at radius 1 is 1.25 bits per heavy atom. The summed E-state index contributed by atoms with van der Waals surface area (Å²) in [4.78, 5) is 12.4. The fourth-order valence-corrected chi connectivity index (χ4v) is 2.46. The maximum Gasteiger partial charge on any atom is 0.170 e. The predicted molar refractivity (Wildman–Crippen MR) is 65.8 cm³/mol. The van der Waals surface area contributed by atoms with Crippen LogP contribution in [0.25, 0.3) is 0 Å². The quantitative estimate of drug-likeness (QED) is 0.771. The lowest BCUT2D eigenvalue weighted by Crippen LogP contribution is -2.30. The van der Waals surface area contributed by atoms with E-state index in [1.807, 2.05) is 26.0 Å². The molecule has 0 radical (unpaired) electrons. The van der Waals surface area contributed by atoms with Gasteiger partial charge in [0.05, 0.1) is 0 Å². The van der Waals surface area contributed by atoms with Crippen LogP contribution in [0.1, 0.15) is 34.8 Å². The van der Waals surface area contributed by atoms with Gasteiger partial charge >= 0.3 is 0 Å². The molecule has 2 nitrogen and oxygen atoms in total. The summed E-state index contributed by atoms with van der Waals surface area (Å²) in [5.74, 6) is 0.282. The van der Waals surface area contributed by atoms with Crippen LogP contribution in [-0.2, 0) is 0 Å². The molecule has 1 atom stereocenters. The van der Waals surface area contributed by atoms with Crippen LogP contribution in [0, 0.1) is 19.3 Å². The first-order chi connectivity index (χ1) is 7.51. The van der Waals surface area contributed by atoms with E-state index in [4.69, 9.17) is 0 Å². The highest BCUT2D eigenvalue weighted by molar-refractivity contribution is 6.01. The van der Waals surface area contributed by atoms with Crippen LogP contribution >= 0.6 is 0 Å². The van der Waals surface area contributed by atoms with Gasteiger partial charge in [-0.3, -0.25) is 4.79 Å². The van der Waals surface area contributed by atoms with Crippen molar-refractivity contribution in [2.75, 3.05) is 13.1 Å². The molecule has 1 aliphatic rings. The van der Waals surface area contributed by atoms with E-state index < -0.39 is 0 Å². The minimum atomic E-state index is -0.208. The van der Waals surface area contributed by atoms with Crippen molar-refractivity contribution in [3.05, 3.63) is 34.9 Å². The third-order valence-corrected chi connectivity index (χ3v) is 3.40. The minimum Gasteiger partial charge on any atom is -0.316 e. The maximum absolute atomic E-state index is 12.4. The molecule has 1 aromatic carbocycles. The SMILES string of the molecule is Cc1cc(C)cc(C(=O)C2(C)CCNC2)c1. The van der Waals surface area contributed by atoms with E-state index in [9.17, 15) is 4.79 Å². The van der Waals surface area contributed by atoms with E-state index in [2.05, 4.69) is 18.3 Å². The van der Waals surface area contributed by atoms with E-state index in [1.54, 1.807) is 0 Å². The van der Waals surface area contributed by atoms with E-state index in [1.165, 1.54) is 0 Å². The van der Waals surface area contributed by atoms with Gasteiger partial charge < -0.3 is 5.32 Å². The molecule has 0 spiro atoms. The van der Waals surface area contributed by atoms with Crippen molar-refractivity contribution in [3.63, 3.8) is 0 Å². The third-order valence-electron chi connectivity index (χ3n) is 3.40. The first-order valence-electron chi connectivity index (χ1n) is 5.85. The van der Waals surface area contributed by atoms with Crippen molar-refractivity contribution in [2.45, 2.75) is 27.2 Å². The second-order valence-corrected chi connectivity index (χ2v) is 5.19. The molecule has 0 aromatic heterocycles. The number of rotatable bonds is 2. The summed E-state index contributed by atoms with van der Waals surface area (Å²) in [7, 11) is 0. The molecule has 86 valence electrons. The molecule has 16 heavy (non-hydrogen) atoms. The highest BCUT2D eigenvalue weighted by atomic mass is 16.1. The van der Waals surface area contributed by atoms with Crippen LogP contribution < -0.4 is 5.32 Å². The maximum atomic E-state index is 12.4. The Hall–Kier alpha value is -1.15. The molecule has 0 bridgehead atoms. The summed E-state index contributed by atoms with van der Waals surface area (Å²) in [5, 5.41) is 3.27. The number of carbonyl (C=O) groups is 1. The second kappa shape index (κ2) is 4.02. The standard InChI is InChI=1S/C14H19NO/c1-10-6-11(2)8-12(7-10)13(16)14(3)4-5-15-9-14/h6-8,15H,4-5,9H2,1-3H3. The van der Waals surface area contributed by atoms with E-state index in [-0.39, 0.29) is 11.2 Å². The van der Waals surface area contributed by atoms with Crippen molar-refractivity contribution < 1.29 is 4.79 Å². The molecular weight excluding hydrogens is 198 g/mol. The number of hydrogen-bond acceptors (Lipinski definition) is 2. The first-order valence-corrected chi connectivity index (χ1v) is 5.85. The van der Waals surface area contributed by atoms with E-state index in [0.717, 1.165) is 36.2 Å². The molecule has 2 rings (SSSR count). The lowest BCUT2D eigenvalue weighted by molar-refractivity contribution is 0.0839. The number of Topliss-reactive ketones (excluding diaryl/α,β-unsaturated/α-hetero) is 1. The van der Waals surface area contributed by atoms with Crippen molar-refractivity contribution in [1.82, 2.24) is 5.32 Å². The van der Waals surface area contributed by atoms with Gasteiger partial charge in [-0.15, -0.1) is 0 Å². The predicted octanol–water partition coefficient (Wildman–Crippen LogP) is 2.49. The lowest BCUT2D eigenvalue weighted by atomic mass is 9.81. The summed E-state index contributed by atoms with van der Waals surface area (Å²) < 4.78 is 0. The second-order valence-electron chi connectivity index (χ2n) is 5.19. The van der Waals surface area contributed by atoms with Gasteiger partial charge in [0.1, 0.15) is 0 Å². The third kappa shape index (κ3) is 2.03. The normalized spacial score (nSPS) is 24.7. The fraction of sp³-hybridized carbons (Fsp3) is 0.500. The number of carbonyl (C=O) groups excluding carboxylic acids is 1. The average molecular weight is 217 g/mol.